The van der Waals surface area contributed by atoms with Gasteiger partial charge < -0.3 is 15.0 Å². The zero-order chi connectivity index (χ0) is 15.8. The number of hydrogen-bond acceptors (Lipinski definition) is 3. The van der Waals surface area contributed by atoms with Gasteiger partial charge in [0.2, 0.25) is 0 Å². The molecule has 1 aromatic heterocycles. The van der Waals surface area contributed by atoms with Gasteiger partial charge in [-0.3, -0.25) is 4.79 Å². The lowest BCUT2D eigenvalue weighted by molar-refractivity contribution is 0.0570. The van der Waals surface area contributed by atoms with Crippen LogP contribution in [0.15, 0.2) is 48.8 Å². The van der Waals surface area contributed by atoms with E-state index in [-0.39, 0.29) is 18.6 Å². The number of imidazole rings is 1. The van der Waals surface area contributed by atoms with Crippen molar-refractivity contribution < 1.29 is 9.90 Å². The zero-order valence-electron chi connectivity index (χ0n) is 12.6. The normalized spacial score (nSPS) is 17.3. The number of nitrogens with one attached hydrogen (secondary N) is 1. The largest absolute Gasteiger partial charge is 0.394 e. The van der Waals surface area contributed by atoms with Gasteiger partial charge >= 0.3 is 0 Å². The molecular formula is C18H17N3O2. The maximum atomic E-state index is 13.1. The molecule has 5 heteroatoms. The van der Waals surface area contributed by atoms with Crippen LogP contribution in [0.3, 0.4) is 0 Å². The van der Waals surface area contributed by atoms with Crippen molar-refractivity contribution >= 4 is 16.9 Å². The van der Waals surface area contributed by atoms with Crippen molar-refractivity contribution in [1.82, 2.24) is 14.9 Å². The Bertz CT molecular complexity index is 871. The summed E-state index contributed by atoms with van der Waals surface area (Å²) in [5.41, 5.74) is 4.32. The van der Waals surface area contributed by atoms with Crippen molar-refractivity contribution in [3.8, 4) is 0 Å². The first kappa shape index (κ1) is 14.0. The van der Waals surface area contributed by atoms with Gasteiger partial charge in [0.1, 0.15) is 5.52 Å². The minimum atomic E-state index is -0.304. The van der Waals surface area contributed by atoms with Crippen molar-refractivity contribution in [2.75, 3.05) is 13.2 Å². The van der Waals surface area contributed by atoms with Crippen LogP contribution >= 0.6 is 0 Å². The van der Waals surface area contributed by atoms with Crippen LogP contribution < -0.4 is 0 Å². The average Bonchev–Trinajstić information content (AvgIpc) is 3.08. The molecular weight excluding hydrogens is 290 g/mol. The number of carbonyl (C=O) groups is 1. The second kappa shape index (κ2) is 5.52. The lowest BCUT2D eigenvalue weighted by Gasteiger charge is -2.36. The summed E-state index contributed by atoms with van der Waals surface area (Å²) in [5.74, 6) is -0.0868. The number of benzene rings is 2. The Morgan fingerprint density at radius 3 is 3.00 bits per heavy atom. The molecule has 5 nitrogen and oxygen atoms in total. The Kier molecular flexibility index (Phi) is 3.35. The van der Waals surface area contributed by atoms with E-state index in [2.05, 4.69) is 16.0 Å². The number of aliphatic hydroxyl groups excluding tert-OH is 1. The quantitative estimate of drug-likeness (QED) is 0.763. The van der Waals surface area contributed by atoms with Crippen molar-refractivity contribution in [1.29, 1.82) is 0 Å². The summed E-state index contributed by atoms with van der Waals surface area (Å²) in [7, 11) is 0. The molecule has 23 heavy (non-hydrogen) atoms. The second-order valence-corrected chi connectivity index (χ2v) is 5.75. The average molecular weight is 307 g/mol. The van der Waals surface area contributed by atoms with Crippen LogP contribution in [0, 0.1) is 0 Å². The van der Waals surface area contributed by atoms with Gasteiger partial charge in [-0.15, -0.1) is 0 Å². The summed E-state index contributed by atoms with van der Waals surface area (Å²) in [4.78, 5) is 22.1. The van der Waals surface area contributed by atoms with E-state index in [1.54, 1.807) is 17.3 Å². The van der Waals surface area contributed by atoms with Gasteiger partial charge in [0, 0.05) is 6.54 Å². The highest BCUT2D eigenvalue weighted by atomic mass is 16.3. The number of aromatic amines is 1. The van der Waals surface area contributed by atoms with E-state index in [0.29, 0.717) is 17.6 Å². The number of amides is 1. The molecule has 1 aliphatic heterocycles. The van der Waals surface area contributed by atoms with E-state index in [1.807, 2.05) is 30.3 Å². The van der Waals surface area contributed by atoms with E-state index in [9.17, 15) is 9.90 Å². The van der Waals surface area contributed by atoms with Crippen LogP contribution in [0.25, 0.3) is 11.0 Å². The SMILES string of the molecule is O=C(c1cccc2[nH]cnc12)N1CCc2ccccc2[C@H]1CO. The van der Waals surface area contributed by atoms with Crippen molar-refractivity contribution in [2.45, 2.75) is 12.5 Å². The highest BCUT2D eigenvalue weighted by Crippen LogP contribution is 2.31. The van der Waals surface area contributed by atoms with E-state index < -0.39 is 0 Å². The molecule has 2 aromatic carbocycles. The third-order valence-corrected chi connectivity index (χ3v) is 4.53. The summed E-state index contributed by atoms with van der Waals surface area (Å²) in [6.07, 6.45) is 2.39. The van der Waals surface area contributed by atoms with Crippen LogP contribution in [0.5, 0.6) is 0 Å². The Morgan fingerprint density at radius 2 is 2.13 bits per heavy atom. The summed E-state index contributed by atoms with van der Waals surface area (Å²) < 4.78 is 0. The van der Waals surface area contributed by atoms with Crippen LogP contribution in [0.4, 0.5) is 0 Å². The molecule has 0 unspecified atom stereocenters. The Balaban J connectivity index is 1.75. The minimum Gasteiger partial charge on any atom is -0.394 e. The van der Waals surface area contributed by atoms with Crippen molar-refractivity contribution in [3.05, 3.63) is 65.5 Å². The predicted molar refractivity (Wildman–Crippen MR) is 87.1 cm³/mol. The van der Waals surface area contributed by atoms with E-state index >= 15 is 0 Å². The van der Waals surface area contributed by atoms with Crippen LogP contribution in [-0.2, 0) is 6.42 Å². The highest BCUT2D eigenvalue weighted by Gasteiger charge is 2.31. The lowest BCUT2D eigenvalue weighted by Crippen LogP contribution is -2.41. The molecule has 116 valence electrons. The molecule has 0 radical (unpaired) electrons. The maximum absolute atomic E-state index is 13.1. The molecule has 4 rings (SSSR count). The molecule has 1 atom stereocenters. The number of carbonyl (C=O) groups excluding carboxylic acids is 1. The lowest BCUT2D eigenvalue weighted by atomic mass is 9.92. The van der Waals surface area contributed by atoms with Gasteiger partial charge in [0.05, 0.1) is 30.1 Å². The summed E-state index contributed by atoms with van der Waals surface area (Å²) in [6.45, 7) is 0.515. The maximum Gasteiger partial charge on any atom is 0.256 e. The van der Waals surface area contributed by atoms with Crippen LogP contribution in [0.1, 0.15) is 27.5 Å². The molecule has 1 aliphatic rings. The van der Waals surface area contributed by atoms with Gasteiger partial charge in [-0.1, -0.05) is 30.3 Å². The van der Waals surface area contributed by atoms with Gasteiger partial charge in [0.15, 0.2) is 0 Å². The molecule has 0 spiro atoms. The number of para-hydroxylation sites is 1. The predicted octanol–water partition coefficient (Wildman–Crippen LogP) is 2.29. The zero-order valence-corrected chi connectivity index (χ0v) is 12.6. The summed E-state index contributed by atoms with van der Waals surface area (Å²) in [5, 5.41) is 9.86. The smallest absolute Gasteiger partial charge is 0.256 e. The summed E-state index contributed by atoms with van der Waals surface area (Å²) in [6, 6.07) is 13.2. The van der Waals surface area contributed by atoms with Gasteiger partial charge in [-0.2, -0.15) is 0 Å². The van der Waals surface area contributed by atoms with Crippen LogP contribution in [-0.4, -0.2) is 39.0 Å². The van der Waals surface area contributed by atoms with Crippen LogP contribution in [0.2, 0.25) is 0 Å². The number of hydrogen-bond donors (Lipinski definition) is 2. The van der Waals surface area contributed by atoms with E-state index in [0.717, 1.165) is 17.5 Å². The number of H-pyrrole nitrogens is 1. The number of rotatable bonds is 2. The van der Waals surface area contributed by atoms with Crippen molar-refractivity contribution in [2.24, 2.45) is 0 Å². The molecule has 0 fully saturated rings. The first-order valence-corrected chi connectivity index (χ1v) is 7.71. The summed E-state index contributed by atoms with van der Waals surface area (Å²) >= 11 is 0. The minimum absolute atomic E-state index is 0.0840. The number of fused-ring (bicyclic) bond motifs is 2. The molecule has 2 heterocycles. The highest BCUT2D eigenvalue weighted by molar-refractivity contribution is 6.05. The number of aromatic nitrogens is 2. The molecule has 0 bridgehead atoms. The van der Waals surface area contributed by atoms with Gasteiger partial charge in [-0.05, 0) is 29.7 Å². The third kappa shape index (κ3) is 2.21. The first-order chi connectivity index (χ1) is 11.3. The fourth-order valence-electron chi connectivity index (χ4n) is 3.38. The molecule has 0 saturated carbocycles. The van der Waals surface area contributed by atoms with E-state index in [1.165, 1.54) is 5.56 Å². The standard InChI is InChI=1S/C18H17N3O2/c22-10-16-13-5-2-1-4-12(13)8-9-21(16)18(23)14-6-3-7-15-17(14)20-11-19-15/h1-7,11,16,22H,8-10H2,(H,19,20)/t16-/m1/s1. The van der Waals surface area contributed by atoms with Gasteiger partial charge in [0.25, 0.3) is 5.91 Å². The fraction of sp³-hybridized carbons (Fsp3) is 0.222. The van der Waals surface area contributed by atoms with Crippen molar-refractivity contribution in [3.63, 3.8) is 0 Å². The second-order valence-electron chi connectivity index (χ2n) is 5.75. The molecule has 1 amide bonds. The van der Waals surface area contributed by atoms with Gasteiger partial charge in [-0.25, -0.2) is 4.98 Å². The number of aliphatic hydroxyl groups is 1. The molecule has 3 aromatic rings. The third-order valence-electron chi connectivity index (χ3n) is 4.53. The molecule has 0 saturated heterocycles. The molecule has 2 N–H and O–H groups in total. The monoisotopic (exact) mass is 307 g/mol. The first-order valence-electron chi connectivity index (χ1n) is 7.71. The van der Waals surface area contributed by atoms with E-state index in [4.69, 9.17) is 0 Å². The fourth-order valence-corrected chi connectivity index (χ4v) is 3.38. The Hall–Kier alpha value is -2.66. The number of nitrogens with zero attached hydrogens (tertiary/aromatic N) is 2. The Morgan fingerprint density at radius 1 is 1.26 bits per heavy atom. The Labute approximate surface area is 133 Å². The topological polar surface area (TPSA) is 69.2 Å². The molecule has 0 aliphatic carbocycles.